The Morgan fingerprint density at radius 1 is 1.69 bits per heavy atom. The van der Waals surface area contributed by atoms with Gasteiger partial charge in [-0.3, -0.25) is 14.9 Å². The second-order valence-electron chi connectivity index (χ2n) is 3.25. The van der Waals surface area contributed by atoms with Crippen LogP contribution in [0.5, 0.6) is 0 Å². The van der Waals surface area contributed by atoms with Crippen LogP contribution in [0.25, 0.3) is 0 Å². The molecule has 0 aliphatic carbocycles. The van der Waals surface area contributed by atoms with Gasteiger partial charge in [0.1, 0.15) is 0 Å². The number of carboxylic acids is 1. The molecule has 1 fully saturated rings. The second-order valence-corrected chi connectivity index (χ2v) is 3.25. The van der Waals surface area contributed by atoms with Gasteiger partial charge in [0.15, 0.2) is 6.35 Å². The monoisotopic (exact) mass is 188 g/mol. The third-order valence-corrected chi connectivity index (χ3v) is 2.06. The van der Waals surface area contributed by atoms with Crippen molar-refractivity contribution < 1.29 is 19.8 Å². The first-order valence-corrected chi connectivity index (χ1v) is 3.92. The Hall–Kier alpha value is -1.14. The number of aliphatic hydroxyl groups is 1. The lowest BCUT2D eigenvalue weighted by molar-refractivity contribution is -0.137. The minimum Gasteiger partial charge on any atom is -0.481 e. The average molecular weight is 188 g/mol. The zero-order valence-corrected chi connectivity index (χ0v) is 7.20. The summed E-state index contributed by atoms with van der Waals surface area (Å²) < 4.78 is 0. The number of amides is 1. The van der Waals surface area contributed by atoms with Crippen LogP contribution in [0.4, 0.5) is 0 Å². The van der Waals surface area contributed by atoms with Crippen molar-refractivity contribution in [3.8, 4) is 0 Å². The van der Waals surface area contributed by atoms with Crippen LogP contribution in [-0.2, 0) is 9.59 Å². The number of carbonyl (C=O) groups excluding carboxylic acids is 1. The van der Waals surface area contributed by atoms with E-state index in [9.17, 15) is 9.59 Å². The van der Waals surface area contributed by atoms with E-state index in [4.69, 9.17) is 10.2 Å². The molecule has 13 heavy (non-hydrogen) atoms. The van der Waals surface area contributed by atoms with Crippen LogP contribution in [0.2, 0.25) is 0 Å². The van der Waals surface area contributed by atoms with Gasteiger partial charge in [-0.15, -0.1) is 0 Å². The predicted molar refractivity (Wildman–Crippen MR) is 42.6 cm³/mol. The van der Waals surface area contributed by atoms with Crippen molar-refractivity contribution >= 4 is 11.9 Å². The highest BCUT2D eigenvalue weighted by molar-refractivity contribution is 5.88. The van der Waals surface area contributed by atoms with Crippen LogP contribution >= 0.6 is 0 Å². The van der Waals surface area contributed by atoms with Gasteiger partial charge in [0.2, 0.25) is 5.91 Å². The zero-order chi connectivity index (χ0) is 10.1. The molecule has 1 aliphatic rings. The normalized spacial score (nSPS) is 33.1. The third-order valence-electron chi connectivity index (χ3n) is 2.06. The topological polar surface area (TPSA) is 98.7 Å². The minimum atomic E-state index is -1.08. The molecule has 1 rings (SSSR count). The smallest absolute Gasteiger partial charge is 0.303 e. The van der Waals surface area contributed by atoms with E-state index in [0.717, 1.165) is 0 Å². The van der Waals surface area contributed by atoms with Crippen LogP contribution in [0.15, 0.2) is 0 Å². The molecular formula is C7H12N2O4. The molecule has 74 valence electrons. The van der Waals surface area contributed by atoms with Gasteiger partial charge in [-0.25, -0.2) is 0 Å². The largest absolute Gasteiger partial charge is 0.481 e. The number of carboxylic acid groups (broad SMARTS) is 1. The molecule has 0 spiro atoms. The number of hydrogen-bond donors (Lipinski definition) is 4. The summed E-state index contributed by atoms with van der Waals surface area (Å²) in [6.45, 7) is 1.56. The molecule has 6 nitrogen and oxygen atoms in total. The van der Waals surface area contributed by atoms with E-state index >= 15 is 0 Å². The number of aliphatic hydroxyl groups excluding tert-OH is 1. The van der Waals surface area contributed by atoms with Crippen molar-refractivity contribution in [1.82, 2.24) is 10.6 Å². The van der Waals surface area contributed by atoms with E-state index in [0.29, 0.717) is 0 Å². The summed E-state index contributed by atoms with van der Waals surface area (Å²) in [5.41, 5.74) is -0.974. The number of hydrogen-bond acceptors (Lipinski definition) is 4. The van der Waals surface area contributed by atoms with E-state index < -0.39 is 17.9 Å². The van der Waals surface area contributed by atoms with Gasteiger partial charge in [0.25, 0.3) is 0 Å². The summed E-state index contributed by atoms with van der Waals surface area (Å²) in [7, 11) is 0. The molecule has 0 aromatic carbocycles. The van der Waals surface area contributed by atoms with E-state index in [-0.39, 0.29) is 18.7 Å². The van der Waals surface area contributed by atoms with Gasteiger partial charge in [0, 0.05) is 6.42 Å². The van der Waals surface area contributed by atoms with Crippen LogP contribution < -0.4 is 10.6 Å². The maximum Gasteiger partial charge on any atom is 0.303 e. The van der Waals surface area contributed by atoms with Gasteiger partial charge in [-0.05, 0) is 13.3 Å². The molecule has 4 N–H and O–H groups in total. The van der Waals surface area contributed by atoms with Crippen molar-refractivity contribution in [3.05, 3.63) is 0 Å². The Morgan fingerprint density at radius 3 is 2.69 bits per heavy atom. The molecule has 0 aromatic heterocycles. The van der Waals surface area contributed by atoms with Crippen LogP contribution in [0.1, 0.15) is 19.8 Å². The van der Waals surface area contributed by atoms with Crippen molar-refractivity contribution in [2.45, 2.75) is 31.7 Å². The van der Waals surface area contributed by atoms with Gasteiger partial charge in [0.05, 0.1) is 5.54 Å². The highest BCUT2D eigenvalue weighted by Gasteiger charge is 2.41. The van der Waals surface area contributed by atoms with E-state index in [1.165, 1.54) is 0 Å². The lowest BCUT2D eigenvalue weighted by atomic mass is 9.96. The Balaban J connectivity index is 2.55. The van der Waals surface area contributed by atoms with Crippen LogP contribution in [-0.4, -0.2) is 34.0 Å². The molecule has 1 heterocycles. The summed E-state index contributed by atoms with van der Waals surface area (Å²) in [5.74, 6) is -1.33. The number of carbonyl (C=O) groups is 2. The Labute approximate surface area is 74.9 Å². The first-order valence-electron chi connectivity index (χ1n) is 3.92. The molecule has 1 unspecified atom stereocenters. The fraction of sp³-hybridized carbons (Fsp3) is 0.714. The fourth-order valence-corrected chi connectivity index (χ4v) is 1.23. The molecule has 2 atom stereocenters. The molecule has 0 radical (unpaired) electrons. The highest BCUT2D eigenvalue weighted by atomic mass is 16.4. The first-order chi connectivity index (χ1) is 5.94. The molecule has 1 aliphatic heterocycles. The summed E-state index contributed by atoms with van der Waals surface area (Å²) in [4.78, 5) is 21.5. The van der Waals surface area contributed by atoms with Crippen molar-refractivity contribution in [2.75, 3.05) is 0 Å². The van der Waals surface area contributed by atoms with Gasteiger partial charge in [-0.1, -0.05) is 0 Å². The molecule has 1 amide bonds. The van der Waals surface area contributed by atoms with E-state index in [1.54, 1.807) is 6.92 Å². The lowest BCUT2D eigenvalue weighted by Gasteiger charge is -2.19. The predicted octanol–water partition coefficient (Wildman–Crippen LogP) is -1.39. The Kier molecular flexibility index (Phi) is 2.53. The van der Waals surface area contributed by atoms with Crippen LogP contribution in [0, 0.1) is 0 Å². The quantitative estimate of drug-likeness (QED) is 0.437. The molecule has 0 bridgehead atoms. The highest BCUT2D eigenvalue weighted by Crippen LogP contribution is 2.17. The first kappa shape index (κ1) is 9.94. The van der Waals surface area contributed by atoms with Crippen molar-refractivity contribution in [1.29, 1.82) is 0 Å². The SMILES string of the molecule is C[C@]1(CCC(=O)O)NC(O)NC1=O. The van der Waals surface area contributed by atoms with Gasteiger partial charge >= 0.3 is 5.97 Å². The second kappa shape index (κ2) is 3.31. The van der Waals surface area contributed by atoms with Crippen molar-refractivity contribution in [3.63, 3.8) is 0 Å². The number of aliphatic carboxylic acids is 1. The average Bonchev–Trinajstić information content (AvgIpc) is 2.23. The summed E-state index contributed by atoms with van der Waals surface area (Å²) in [5, 5.41) is 22.2. The number of nitrogens with one attached hydrogen (secondary N) is 2. The van der Waals surface area contributed by atoms with Crippen molar-refractivity contribution in [2.24, 2.45) is 0 Å². The standard InChI is InChI=1S/C7H12N2O4/c1-7(3-2-4(10)11)5(12)8-6(13)9-7/h6,9,13H,2-3H2,1H3,(H,8,12)(H,10,11)/t6?,7-/m1/s1. The van der Waals surface area contributed by atoms with Gasteiger partial charge in [-0.2, -0.15) is 0 Å². The zero-order valence-electron chi connectivity index (χ0n) is 7.20. The fourth-order valence-electron chi connectivity index (χ4n) is 1.23. The minimum absolute atomic E-state index is 0.108. The molecule has 0 aromatic rings. The molecular weight excluding hydrogens is 176 g/mol. The summed E-state index contributed by atoms with van der Waals surface area (Å²) in [6.07, 6.45) is -1.03. The van der Waals surface area contributed by atoms with Gasteiger partial charge < -0.3 is 15.5 Å². The maximum atomic E-state index is 11.2. The summed E-state index contributed by atoms with van der Waals surface area (Å²) >= 11 is 0. The molecule has 1 saturated heterocycles. The molecule has 0 saturated carbocycles. The Bertz CT molecular complexity index is 243. The molecule has 6 heteroatoms. The number of rotatable bonds is 3. The third kappa shape index (κ3) is 2.16. The summed E-state index contributed by atoms with van der Waals surface area (Å²) in [6, 6.07) is 0. The lowest BCUT2D eigenvalue weighted by Crippen LogP contribution is -2.44. The Morgan fingerprint density at radius 2 is 2.31 bits per heavy atom. The van der Waals surface area contributed by atoms with E-state index in [2.05, 4.69) is 10.6 Å². The van der Waals surface area contributed by atoms with Crippen LogP contribution in [0.3, 0.4) is 0 Å². The van der Waals surface area contributed by atoms with E-state index in [1.807, 2.05) is 0 Å². The maximum absolute atomic E-state index is 11.2.